The van der Waals surface area contributed by atoms with Gasteiger partial charge in [0.1, 0.15) is 5.82 Å². The number of hydrogen-bond donors (Lipinski definition) is 0. The molecule has 2 aromatic carbocycles. The predicted octanol–water partition coefficient (Wildman–Crippen LogP) is 5.80. The average molecular weight is 354 g/mol. The third-order valence-electron chi connectivity index (χ3n) is 3.90. The van der Waals surface area contributed by atoms with Crippen LogP contribution in [-0.2, 0) is 12.8 Å². The number of rotatable bonds is 2. The van der Waals surface area contributed by atoms with Crippen LogP contribution < -0.4 is 0 Å². The van der Waals surface area contributed by atoms with E-state index in [0.29, 0.717) is 5.56 Å². The van der Waals surface area contributed by atoms with E-state index in [9.17, 15) is 4.39 Å². The third kappa shape index (κ3) is 2.77. The Hall–Kier alpha value is -0.860. The smallest absolute Gasteiger partial charge is 0.128 e. The molecule has 0 N–H and O–H groups in total. The van der Waals surface area contributed by atoms with Crippen molar-refractivity contribution in [1.29, 1.82) is 0 Å². The van der Waals surface area contributed by atoms with Gasteiger partial charge < -0.3 is 0 Å². The Labute approximate surface area is 132 Å². The molecule has 20 heavy (non-hydrogen) atoms. The first kappa shape index (κ1) is 14.1. The van der Waals surface area contributed by atoms with Gasteiger partial charge in [0, 0.05) is 10.0 Å². The minimum Gasteiger partial charge on any atom is -0.207 e. The number of alkyl halides is 1. The van der Waals surface area contributed by atoms with Crippen LogP contribution in [0, 0.1) is 5.82 Å². The van der Waals surface area contributed by atoms with Crippen molar-refractivity contribution in [1.82, 2.24) is 0 Å². The van der Waals surface area contributed by atoms with Crippen molar-refractivity contribution in [3.05, 3.63) is 68.9 Å². The van der Waals surface area contributed by atoms with E-state index in [0.717, 1.165) is 22.9 Å². The molecule has 1 unspecified atom stereocenters. The van der Waals surface area contributed by atoms with E-state index >= 15 is 0 Å². The molecule has 0 amide bonds. The summed E-state index contributed by atoms with van der Waals surface area (Å²) in [6.07, 6.45) is 4.74. The molecule has 0 bridgehead atoms. The Morgan fingerprint density at radius 2 is 1.75 bits per heavy atom. The summed E-state index contributed by atoms with van der Waals surface area (Å²) in [5.41, 5.74) is 4.29. The Kier molecular flexibility index (Phi) is 4.13. The van der Waals surface area contributed by atoms with Crippen molar-refractivity contribution < 1.29 is 4.39 Å². The van der Waals surface area contributed by atoms with Crippen LogP contribution in [0.2, 0.25) is 0 Å². The van der Waals surface area contributed by atoms with Gasteiger partial charge in [-0.2, -0.15) is 0 Å². The summed E-state index contributed by atoms with van der Waals surface area (Å²) in [4.78, 5) is 0. The Morgan fingerprint density at radius 1 is 1.00 bits per heavy atom. The largest absolute Gasteiger partial charge is 0.207 e. The highest BCUT2D eigenvalue weighted by Crippen LogP contribution is 2.34. The summed E-state index contributed by atoms with van der Waals surface area (Å²) >= 11 is 9.86. The summed E-state index contributed by atoms with van der Waals surface area (Å²) in [6, 6.07) is 11.2. The molecule has 0 nitrogen and oxygen atoms in total. The van der Waals surface area contributed by atoms with Crippen molar-refractivity contribution in [2.24, 2.45) is 0 Å². The maximum absolute atomic E-state index is 13.9. The first-order valence-electron chi connectivity index (χ1n) is 6.86. The number of fused-ring (bicyclic) bond motifs is 1. The zero-order valence-corrected chi connectivity index (χ0v) is 13.3. The van der Waals surface area contributed by atoms with Crippen molar-refractivity contribution in [2.45, 2.75) is 31.1 Å². The van der Waals surface area contributed by atoms with Gasteiger partial charge in [0.15, 0.2) is 0 Å². The SMILES string of the molecule is Fc1ccc(Br)cc1C(Cl)c1ccc2c(c1)CCCC2. The fraction of sp³-hybridized carbons (Fsp3) is 0.294. The molecule has 0 aromatic heterocycles. The molecule has 2 aromatic rings. The first-order chi connectivity index (χ1) is 9.65. The Balaban J connectivity index is 1.97. The van der Waals surface area contributed by atoms with Crippen molar-refractivity contribution in [2.75, 3.05) is 0 Å². The molecule has 0 saturated heterocycles. The van der Waals surface area contributed by atoms with Crippen LogP contribution >= 0.6 is 27.5 Å². The van der Waals surface area contributed by atoms with E-state index in [-0.39, 0.29) is 5.82 Å². The molecule has 1 atom stereocenters. The second-order valence-corrected chi connectivity index (χ2v) is 6.62. The lowest BCUT2D eigenvalue weighted by Crippen LogP contribution is -2.05. The van der Waals surface area contributed by atoms with E-state index in [4.69, 9.17) is 11.6 Å². The van der Waals surface area contributed by atoms with Crippen molar-refractivity contribution >= 4 is 27.5 Å². The van der Waals surface area contributed by atoms with Crippen LogP contribution in [0.15, 0.2) is 40.9 Å². The quantitative estimate of drug-likeness (QED) is 0.599. The minimum absolute atomic E-state index is 0.258. The van der Waals surface area contributed by atoms with Gasteiger partial charge in [-0.25, -0.2) is 4.39 Å². The Bertz CT molecular complexity index is 639. The van der Waals surface area contributed by atoms with Crippen LogP contribution in [0.3, 0.4) is 0 Å². The molecule has 0 fully saturated rings. The molecule has 3 rings (SSSR count). The highest BCUT2D eigenvalue weighted by molar-refractivity contribution is 9.10. The van der Waals surface area contributed by atoms with Gasteiger partial charge in [-0.15, -0.1) is 11.6 Å². The second kappa shape index (κ2) is 5.87. The second-order valence-electron chi connectivity index (χ2n) is 5.26. The molecule has 104 valence electrons. The summed E-state index contributed by atoms with van der Waals surface area (Å²) in [5, 5.41) is -0.445. The zero-order valence-electron chi connectivity index (χ0n) is 11.0. The van der Waals surface area contributed by atoms with Crippen molar-refractivity contribution in [3.63, 3.8) is 0 Å². The van der Waals surface area contributed by atoms with Gasteiger partial charge in [0.25, 0.3) is 0 Å². The lowest BCUT2D eigenvalue weighted by Gasteiger charge is -2.19. The van der Waals surface area contributed by atoms with E-state index in [1.54, 1.807) is 12.1 Å². The number of aryl methyl sites for hydroxylation is 2. The fourth-order valence-corrected chi connectivity index (χ4v) is 3.48. The molecule has 1 aliphatic carbocycles. The maximum Gasteiger partial charge on any atom is 0.128 e. The number of hydrogen-bond acceptors (Lipinski definition) is 0. The fourth-order valence-electron chi connectivity index (χ4n) is 2.80. The van der Waals surface area contributed by atoms with Gasteiger partial charge in [-0.3, -0.25) is 0 Å². The lowest BCUT2D eigenvalue weighted by molar-refractivity contribution is 0.611. The normalized spacial score (nSPS) is 15.8. The lowest BCUT2D eigenvalue weighted by atomic mass is 9.89. The van der Waals surface area contributed by atoms with Gasteiger partial charge in [-0.1, -0.05) is 34.1 Å². The average Bonchev–Trinajstić information content (AvgIpc) is 2.48. The van der Waals surface area contributed by atoms with Gasteiger partial charge in [-0.05, 0) is 60.6 Å². The van der Waals surface area contributed by atoms with Crippen LogP contribution in [0.25, 0.3) is 0 Å². The minimum atomic E-state index is -0.445. The molecule has 0 saturated carbocycles. The van der Waals surface area contributed by atoms with Gasteiger partial charge in [0.05, 0.1) is 5.38 Å². The van der Waals surface area contributed by atoms with Crippen LogP contribution in [0.1, 0.15) is 40.5 Å². The number of halogens is 3. The van der Waals surface area contributed by atoms with Crippen LogP contribution in [-0.4, -0.2) is 0 Å². The monoisotopic (exact) mass is 352 g/mol. The third-order valence-corrected chi connectivity index (χ3v) is 4.88. The van der Waals surface area contributed by atoms with E-state index in [1.807, 2.05) is 6.07 Å². The molecule has 3 heteroatoms. The topological polar surface area (TPSA) is 0 Å². The first-order valence-corrected chi connectivity index (χ1v) is 8.09. The molecule has 0 radical (unpaired) electrons. The number of benzene rings is 2. The molecular formula is C17H15BrClF. The molecule has 0 heterocycles. The summed E-state index contributed by atoms with van der Waals surface area (Å²) in [5.74, 6) is -0.258. The van der Waals surface area contributed by atoms with E-state index < -0.39 is 5.38 Å². The maximum atomic E-state index is 13.9. The predicted molar refractivity (Wildman–Crippen MR) is 84.9 cm³/mol. The summed E-state index contributed by atoms with van der Waals surface area (Å²) in [6.45, 7) is 0. The standard InChI is InChI=1S/C17H15BrClF/c18-14-7-8-16(20)15(10-14)17(19)13-6-5-11-3-1-2-4-12(11)9-13/h5-10,17H,1-4H2. The van der Waals surface area contributed by atoms with Crippen LogP contribution in [0.4, 0.5) is 4.39 Å². The van der Waals surface area contributed by atoms with Crippen molar-refractivity contribution in [3.8, 4) is 0 Å². The highest BCUT2D eigenvalue weighted by atomic mass is 79.9. The van der Waals surface area contributed by atoms with E-state index in [1.165, 1.54) is 30.0 Å². The van der Waals surface area contributed by atoms with Gasteiger partial charge >= 0.3 is 0 Å². The van der Waals surface area contributed by atoms with E-state index in [2.05, 4.69) is 28.1 Å². The highest BCUT2D eigenvalue weighted by Gasteiger charge is 2.18. The molecule has 1 aliphatic rings. The molecule has 0 aliphatic heterocycles. The summed E-state index contributed by atoms with van der Waals surface area (Å²) in [7, 11) is 0. The Morgan fingerprint density at radius 3 is 2.55 bits per heavy atom. The van der Waals surface area contributed by atoms with Gasteiger partial charge in [0.2, 0.25) is 0 Å². The molecular weight excluding hydrogens is 339 g/mol. The van der Waals surface area contributed by atoms with Crippen LogP contribution in [0.5, 0.6) is 0 Å². The molecule has 0 spiro atoms. The summed E-state index contributed by atoms with van der Waals surface area (Å²) < 4.78 is 14.8. The zero-order chi connectivity index (χ0) is 14.1.